The minimum Gasteiger partial charge on any atom is -0.455 e. The second-order valence-electron chi connectivity index (χ2n) is 6.51. The van der Waals surface area contributed by atoms with E-state index in [1.165, 1.54) is 0 Å². The van der Waals surface area contributed by atoms with Crippen molar-refractivity contribution in [2.75, 3.05) is 0 Å². The number of benzene rings is 4. The molecule has 0 unspecified atom stereocenters. The van der Waals surface area contributed by atoms with Gasteiger partial charge in [0.25, 0.3) is 0 Å². The molecule has 5 aromatic rings. The quantitative estimate of drug-likeness (QED) is 0.293. The molecule has 28 heavy (non-hydrogen) atoms. The lowest BCUT2D eigenvalue weighted by atomic mass is 10.1. The summed E-state index contributed by atoms with van der Waals surface area (Å²) in [5.41, 5.74) is 1.66. The van der Waals surface area contributed by atoms with Crippen molar-refractivity contribution in [2.45, 2.75) is 9.79 Å². The molecule has 0 aliphatic rings. The SMILES string of the molecule is O=[S@@](c1ccccc1)c1c(-c2ccccc2)oc2ccc3cc(Br)ccc3c12. The van der Waals surface area contributed by atoms with Gasteiger partial charge in [0.15, 0.2) is 5.76 Å². The zero-order valence-electron chi connectivity index (χ0n) is 14.8. The van der Waals surface area contributed by atoms with Crippen LogP contribution in [0.3, 0.4) is 0 Å². The van der Waals surface area contributed by atoms with Crippen molar-refractivity contribution in [2.24, 2.45) is 0 Å². The fourth-order valence-corrected chi connectivity index (χ4v) is 5.23. The van der Waals surface area contributed by atoms with Crippen LogP contribution < -0.4 is 0 Å². The first-order chi connectivity index (χ1) is 13.7. The molecule has 0 radical (unpaired) electrons. The summed E-state index contributed by atoms with van der Waals surface area (Å²) in [6.07, 6.45) is 0. The van der Waals surface area contributed by atoms with Gasteiger partial charge in [-0.05, 0) is 41.1 Å². The summed E-state index contributed by atoms with van der Waals surface area (Å²) in [6, 6.07) is 29.5. The van der Waals surface area contributed by atoms with Gasteiger partial charge < -0.3 is 4.42 Å². The maximum absolute atomic E-state index is 13.7. The van der Waals surface area contributed by atoms with Crippen LogP contribution in [0.5, 0.6) is 0 Å². The molecular weight excluding hydrogens is 432 g/mol. The summed E-state index contributed by atoms with van der Waals surface area (Å²) >= 11 is 3.54. The Hall–Kier alpha value is -2.69. The number of fused-ring (bicyclic) bond motifs is 3. The van der Waals surface area contributed by atoms with Crippen molar-refractivity contribution in [1.82, 2.24) is 0 Å². The molecular formula is C24H15BrO2S. The summed E-state index contributed by atoms with van der Waals surface area (Å²) in [5.74, 6) is 0.660. The van der Waals surface area contributed by atoms with Crippen LogP contribution >= 0.6 is 15.9 Å². The maximum Gasteiger partial charge on any atom is 0.151 e. The Labute approximate surface area is 173 Å². The molecule has 5 rings (SSSR count). The Morgan fingerprint density at radius 2 is 1.50 bits per heavy atom. The average molecular weight is 447 g/mol. The van der Waals surface area contributed by atoms with Gasteiger partial charge in [0.05, 0.1) is 15.7 Å². The van der Waals surface area contributed by atoms with Crippen molar-refractivity contribution in [1.29, 1.82) is 0 Å². The second-order valence-corrected chi connectivity index (χ2v) is 8.85. The van der Waals surface area contributed by atoms with Crippen LogP contribution in [-0.4, -0.2) is 4.21 Å². The number of hydrogen-bond acceptors (Lipinski definition) is 2. The largest absolute Gasteiger partial charge is 0.455 e. The third kappa shape index (κ3) is 2.89. The van der Waals surface area contributed by atoms with Crippen LogP contribution in [0.15, 0.2) is 110 Å². The zero-order chi connectivity index (χ0) is 19.1. The highest BCUT2D eigenvalue weighted by atomic mass is 79.9. The van der Waals surface area contributed by atoms with E-state index >= 15 is 0 Å². The molecule has 0 spiro atoms. The van der Waals surface area contributed by atoms with Crippen LogP contribution in [0.2, 0.25) is 0 Å². The van der Waals surface area contributed by atoms with E-state index in [-0.39, 0.29) is 0 Å². The highest BCUT2D eigenvalue weighted by Crippen LogP contribution is 2.41. The predicted octanol–water partition coefficient (Wildman–Crippen LogP) is 7.18. The molecule has 1 aromatic heterocycles. The normalized spacial score (nSPS) is 12.5. The minimum absolute atomic E-state index is 0.660. The number of hydrogen-bond donors (Lipinski definition) is 0. The number of rotatable bonds is 3. The fourth-order valence-electron chi connectivity index (χ4n) is 3.49. The van der Waals surface area contributed by atoms with Gasteiger partial charge in [0.1, 0.15) is 5.58 Å². The van der Waals surface area contributed by atoms with Gasteiger partial charge in [-0.15, -0.1) is 0 Å². The monoisotopic (exact) mass is 446 g/mol. The molecule has 0 saturated carbocycles. The van der Waals surface area contributed by atoms with E-state index in [1.54, 1.807) is 0 Å². The highest BCUT2D eigenvalue weighted by molar-refractivity contribution is 9.10. The van der Waals surface area contributed by atoms with Gasteiger partial charge in [-0.25, -0.2) is 4.21 Å². The molecule has 0 aliphatic heterocycles. The Morgan fingerprint density at radius 3 is 2.25 bits per heavy atom. The van der Waals surface area contributed by atoms with Crippen LogP contribution in [-0.2, 0) is 10.8 Å². The second kappa shape index (κ2) is 7.04. The van der Waals surface area contributed by atoms with Gasteiger partial charge in [-0.1, -0.05) is 76.6 Å². The van der Waals surface area contributed by atoms with E-state index in [0.29, 0.717) is 5.76 Å². The number of halogens is 1. The molecule has 0 saturated heterocycles. The van der Waals surface area contributed by atoms with Crippen molar-refractivity contribution in [3.8, 4) is 11.3 Å². The molecule has 1 heterocycles. The van der Waals surface area contributed by atoms with E-state index in [1.807, 2.05) is 78.9 Å². The van der Waals surface area contributed by atoms with Crippen molar-refractivity contribution in [3.05, 3.63) is 95.5 Å². The van der Waals surface area contributed by atoms with E-state index in [4.69, 9.17) is 4.42 Å². The van der Waals surface area contributed by atoms with Crippen LogP contribution in [0, 0.1) is 0 Å². The summed E-state index contributed by atoms with van der Waals surface area (Å²) < 4.78 is 20.9. The minimum atomic E-state index is -1.37. The van der Waals surface area contributed by atoms with Crippen molar-refractivity contribution in [3.63, 3.8) is 0 Å². The van der Waals surface area contributed by atoms with Crippen LogP contribution in [0.4, 0.5) is 0 Å². The van der Waals surface area contributed by atoms with Gasteiger partial charge in [0, 0.05) is 20.3 Å². The van der Waals surface area contributed by atoms with Crippen molar-refractivity contribution < 1.29 is 8.63 Å². The zero-order valence-corrected chi connectivity index (χ0v) is 17.2. The highest BCUT2D eigenvalue weighted by Gasteiger charge is 2.23. The van der Waals surface area contributed by atoms with Gasteiger partial charge in [-0.3, -0.25) is 0 Å². The topological polar surface area (TPSA) is 30.2 Å². The first kappa shape index (κ1) is 17.4. The third-order valence-corrected chi connectivity index (χ3v) is 6.72. The van der Waals surface area contributed by atoms with Crippen LogP contribution in [0.1, 0.15) is 0 Å². The summed E-state index contributed by atoms with van der Waals surface area (Å²) in [7, 11) is -1.37. The lowest BCUT2D eigenvalue weighted by molar-refractivity contribution is 0.622. The summed E-state index contributed by atoms with van der Waals surface area (Å²) in [6.45, 7) is 0. The third-order valence-electron chi connectivity index (χ3n) is 4.77. The van der Waals surface area contributed by atoms with Gasteiger partial charge in [-0.2, -0.15) is 0 Å². The molecule has 0 fully saturated rings. The molecule has 0 N–H and O–H groups in total. The Morgan fingerprint density at radius 1 is 0.786 bits per heavy atom. The van der Waals surface area contributed by atoms with Crippen LogP contribution in [0.25, 0.3) is 33.1 Å². The smallest absolute Gasteiger partial charge is 0.151 e. The number of furan rings is 1. The Bertz CT molecular complexity index is 1320. The first-order valence-electron chi connectivity index (χ1n) is 8.89. The van der Waals surface area contributed by atoms with E-state index in [9.17, 15) is 4.21 Å². The first-order valence-corrected chi connectivity index (χ1v) is 10.8. The van der Waals surface area contributed by atoms with Gasteiger partial charge in [0.2, 0.25) is 0 Å². The van der Waals surface area contributed by atoms with Gasteiger partial charge >= 0.3 is 0 Å². The summed E-state index contributed by atoms with van der Waals surface area (Å²) in [5, 5.41) is 3.02. The van der Waals surface area contributed by atoms with Crippen molar-refractivity contribution >= 4 is 48.5 Å². The maximum atomic E-state index is 13.7. The molecule has 0 aliphatic carbocycles. The lowest BCUT2D eigenvalue weighted by Gasteiger charge is -2.06. The molecule has 1 atom stereocenters. The fraction of sp³-hybridized carbons (Fsp3) is 0. The molecule has 0 amide bonds. The lowest BCUT2D eigenvalue weighted by Crippen LogP contribution is -1.94. The Kier molecular flexibility index (Phi) is 4.38. The van der Waals surface area contributed by atoms with E-state index < -0.39 is 10.8 Å². The molecule has 2 nitrogen and oxygen atoms in total. The van der Waals surface area contributed by atoms with E-state index in [2.05, 4.69) is 28.1 Å². The Balaban J connectivity index is 1.89. The predicted molar refractivity (Wildman–Crippen MR) is 118 cm³/mol. The summed E-state index contributed by atoms with van der Waals surface area (Å²) in [4.78, 5) is 1.48. The molecule has 4 aromatic carbocycles. The standard InChI is InChI=1S/C24H15BrO2S/c25-18-12-13-20-17(15-18)11-14-21-22(20)24(28(26)19-9-5-2-6-10-19)23(27-21)16-7-3-1-4-8-16/h1-15H/t28-/m0/s1. The molecule has 4 heteroatoms. The average Bonchev–Trinajstić information content (AvgIpc) is 3.14. The molecule has 0 bridgehead atoms. The molecule has 136 valence electrons. The van der Waals surface area contributed by atoms with E-state index in [0.717, 1.165) is 41.6 Å².